The maximum Gasteiger partial charge on any atom is 0.248 e. The first kappa shape index (κ1) is 15.0. The summed E-state index contributed by atoms with van der Waals surface area (Å²) in [4.78, 5) is 28.6. The third-order valence-electron chi connectivity index (χ3n) is 4.92. The summed E-state index contributed by atoms with van der Waals surface area (Å²) in [7, 11) is 1.53. The summed E-state index contributed by atoms with van der Waals surface area (Å²) >= 11 is 0. The predicted molar refractivity (Wildman–Crippen MR) is 83.8 cm³/mol. The number of nitrogens with zero attached hydrogens (tertiary/aromatic N) is 2. The zero-order valence-corrected chi connectivity index (χ0v) is 13.2. The number of anilines is 1. The Hall–Kier alpha value is -1.88. The molecular formula is C17H22N2O3. The molecule has 5 nitrogen and oxygen atoms in total. The zero-order chi connectivity index (χ0) is 15.7. The number of piperidine rings is 1. The Bertz CT molecular complexity index is 591. The molecule has 2 aliphatic rings. The maximum absolute atomic E-state index is 13.0. The number of hydrogen-bond acceptors (Lipinski definition) is 3. The highest BCUT2D eigenvalue weighted by atomic mass is 16.5. The lowest BCUT2D eigenvalue weighted by atomic mass is 9.73. The van der Waals surface area contributed by atoms with Crippen molar-refractivity contribution in [2.24, 2.45) is 0 Å². The van der Waals surface area contributed by atoms with Crippen LogP contribution in [0.2, 0.25) is 0 Å². The van der Waals surface area contributed by atoms with Gasteiger partial charge in [0.25, 0.3) is 0 Å². The van der Waals surface area contributed by atoms with Crippen LogP contribution in [0.4, 0.5) is 5.69 Å². The molecule has 1 saturated heterocycles. The van der Waals surface area contributed by atoms with Crippen molar-refractivity contribution < 1.29 is 14.3 Å². The Labute approximate surface area is 130 Å². The van der Waals surface area contributed by atoms with Crippen molar-refractivity contribution in [3.05, 3.63) is 29.8 Å². The van der Waals surface area contributed by atoms with Crippen molar-refractivity contribution in [1.29, 1.82) is 0 Å². The van der Waals surface area contributed by atoms with Gasteiger partial charge in [-0.2, -0.15) is 0 Å². The van der Waals surface area contributed by atoms with Crippen LogP contribution in [0.3, 0.4) is 0 Å². The normalized spacial score (nSPS) is 19.6. The Morgan fingerprint density at radius 2 is 1.95 bits per heavy atom. The minimum Gasteiger partial charge on any atom is -0.375 e. The van der Waals surface area contributed by atoms with Crippen molar-refractivity contribution in [2.45, 2.75) is 25.2 Å². The van der Waals surface area contributed by atoms with E-state index >= 15 is 0 Å². The average molecular weight is 302 g/mol. The van der Waals surface area contributed by atoms with Gasteiger partial charge in [0.15, 0.2) is 0 Å². The molecule has 2 amide bonds. The highest BCUT2D eigenvalue weighted by molar-refractivity contribution is 6.08. The predicted octanol–water partition coefficient (Wildman–Crippen LogP) is 1.56. The Balaban J connectivity index is 1.86. The van der Waals surface area contributed by atoms with E-state index in [0.29, 0.717) is 32.5 Å². The van der Waals surface area contributed by atoms with Gasteiger partial charge in [0.1, 0.15) is 6.61 Å². The van der Waals surface area contributed by atoms with Gasteiger partial charge in [-0.05, 0) is 31.4 Å². The van der Waals surface area contributed by atoms with Gasteiger partial charge in [0.2, 0.25) is 11.8 Å². The molecule has 1 aromatic rings. The summed E-state index contributed by atoms with van der Waals surface area (Å²) in [5, 5.41) is 0. The topological polar surface area (TPSA) is 49.9 Å². The summed E-state index contributed by atoms with van der Waals surface area (Å²) in [6.07, 6.45) is 1.38. The lowest BCUT2D eigenvalue weighted by Gasteiger charge is -2.38. The maximum atomic E-state index is 13.0. The van der Waals surface area contributed by atoms with E-state index in [2.05, 4.69) is 6.07 Å². The van der Waals surface area contributed by atoms with Crippen LogP contribution in [0.15, 0.2) is 24.3 Å². The second-order valence-electron chi connectivity index (χ2n) is 5.96. The molecule has 2 aliphatic heterocycles. The van der Waals surface area contributed by atoms with E-state index in [0.717, 1.165) is 11.3 Å². The number of rotatable bonds is 3. The molecule has 118 valence electrons. The van der Waals surface area contributed by atoms with Gasteiger partial charge in [0, 0.05) is 32.4 Å². The number of para-hydroxylation sites is 1. The number of amides is 2. The van der Waals surface area contributed by atoms with Gasteiger partial charge >= 0.3 is 0 Å². The third-order valence-corrected chi connectivity index (χ3v) is 4.92. The summed E-state index contributed by atoms with van der Waals surface area (Å²) in [5.74, 6) is 0.193. The van der Waals surface area contributed by atoms with Gasteiger partial charge in [-0.15, -0.1) is 0 Å². The molecule has 1 aromatic carbocycles. The Morgan fingerprint density at radius 3 is 2.59 bits per heavy atom. The SMILES string of the molecule is CCN1C(=O)C2(CCN(C(=O)COC)CC2)c2ccccc21. The van der Waals surface area contributed by atoms with Crippen LogP contribution in [0.5, 0.6) is 0 Å². The van der Waals surface area contributed by atoms with E-state index in [1.807, 2.05) is 30.0 Å². The standard InChI is InChI=1S/C17H22N2O3/c1-3-19-14-7-5-4-6-13(14)17(16(19)21)8-10-18(11-9-17)15(20)12-22-2/h4-7H,3,8-12H2,1-2H3. The van der Waals surface area contributed by atoms with Gasteiger partial charge < -0.3 is 14.5 Å². The van der Waals surface area contributed by atoms with E-state index in [-0.39, 0.29) is 18.4 Å². The highest BCUT2D eigenvalue weighted by Gasteiger charge is 2.51. The van der Waals surface area contributed by atoms with Crippen LogP contribution in [-0.2, 0) is 19.7 Å². The van der Waals surface area contributed by atoms with E-state index in [1.54, 1.807) is 4.90 Å². The van der Waals surface area contributed by atoms with E-state index in [4.69, 9.17) is 4.74 Å². The minimum absolute atomic E-state index is 0.00317. The molecule has 22 heavy (non-hydrogen) atoms. The smallest absolute Gasteiger partial charge is 0.248 e. The number of benzene rings is 1. The summed E-state index contributed by atoms with van der Waals surface area (Å²) < 4.78 is 4.92. The fourth-order valence-electron chi connectivity index (χ4n) is 3.75. The minimum atomic E-state index is -0.448. The molecule has 0 radical (unpaired) electrons. The lowest BCUT2D eigenvalue weighted by Crippen LogP contribution is -2.50. The van der Waals surface area contributed by atoms with Crippen LogP contribution in [0.1, 0.15) is 25.3 Å². The van der Waals surface area contributed by atoms with Crippen molar-refractivity contribution in [3.63, 3.8) is 0 Å². The number of carbonyl (C=O) groups excluding carboxylic acids is 2. The van der Waals surface area contributed by atoms with Crippen molar-refractivity contribution in [2.75, 3.05) is 38.3 Å². The first-order valence-electron chi connectivity index (χ1n) is 7.82. The fraction of sp³-hybridized carbons (Fsp3) is 0.529. The quantitative estimate of drug-likeness (QED) is 0.851. The van der Waals surface area contributed by atoms with Crippen molar-refractivity contribution in [1.82, 2.24) is 4.90 Å². The third kappa shape index (κ3) is 2.11. The van der Waals surface area contributed by atoms with Crippen LogP contribution in [0.25, 0.3) is 0 Å². The van der Waals surface area contributed by atoms with Gasteiger partial charge in [-0.3, -0.25) is 9.59 Å². The van der Waals surface area contributed by atoms with Crippen LogP contribution >= 0.6 is 0 Å². The largest absolute Gasteiger partial charge is 0.375 e. The summed E-state index contributed by atoms with van der Waals surface area (Å²) in [5.41, 5.74) is 1.71. The summed E-state index contributed by atoms with van der Waals surface area (Å²) in [6, 6.07) is 8.06. The molecule has 0 N–H and O–H groups in total. The molecule has 3 rings (SSSR count). The monoisotopic (exact) mass is 302 g/mol. The number of hydrogen-bond donors (Lipinski definition) is 0. The molecular weight excluding hydrogens is 280 g/mol. The molecule has 0 unspecified atom stereocenters. The number of ether oxygens (including phenoxy) is 1. The van der Waals surface area contributed by atoms with E-state index < -0.39 is 5.41 Å². The molecule has 1 fully saturated rings. The fourth-order valence-corrected chi connectivity index (χ4v) is 3.75. The number of likely N-dealkylation sites (N-methyl/N-ethyl adjacent to an activating group) is 1. The second kappa shape index (κ2) is 5.72. The van der Waals surface area contributed by atoms with Gasteiger partial charge in [0.05, 0.1) is 5.41 Å². The Kier molecular flexibility index (Phi) is 3.91. The van der Waals surface area contributed by atoms with Crippen molar-refractivity contribution in [3.8, 4) is 0 Å². The number of fused-ring (bicyclic) bond motifs is 2. The molecule has 1 spiro atoms. The molecule has 5 heteroatoms. The van der Waals surface area contributed by atoms with Crippen LogP contribution < -0.4 is 4.90 Å². The molecule has 0 bridgehead atoms. The van der Waals surface area contributed by atoms with Gasteiger partial charge in [-0.25, -0.2) is 0 Å². The first-order chi connectivity index (χ1) is 10.6. The lowest BCUT2D eigenvalue weighted by molar-refractivity contribution is -0.138. The number of carbonyl (C=O) groups is 2. The second-order valence-corrected chi connectivity index (χ2v) is 5.96. The first-order valence-corrected chi connectivity index (χ1v) is 7.82. The highest BCUT2D eigenvalue weighted by Crippen LogP contribution is 2.47. The number of methoxy groups -OCH3 is 1. The molecule has 0 aliphatic carbocycles. The van der Waals surface area contributed by atoms with Crippen LogP contribution in [0, 0.1) is 0 Å². The average Bonchev–Trinajstić information content (AvgIpc) is 2.77. The van der Waals surface area contributed by atoms with Crippen molar-refractivity contribution >= 4 is 17.5 Å². The zero-order valence-electron chi connectivity index (χ0n) is 13.2. The van der Waals surface area contributed by atoms with Crippen LogP contribution in [-0.4, -0.2) is 50.1 Å². The summed E-state index contributed by atoms with van der Waals surface area (Å²) in [6.45, 7) is 4.02. The number of likely N-dealkylation sites (tertiary alicyclic amines) is 1. The molecule has 0 saturated carbocycles. The molecule has 2 heterocycles. The molecule has 0 atom stereocenters. The van der Waals surface area contributed by atoms with Gasteiger partial charge in [-0.1, -0.05) is 18.2 Å². The van der Waals surface area contributed by atoms with E-state index in [1.165, 1.54) is 7.11 Å². The molecule has 0 aromatic heterocycles. The van der Waals surface area contributed by atoms with E-state index in [9.17, 15) is 9.59 Å². The Morgan fingerprint density at radius 1 is 1.27 bits per heavy atom.